The van der Waals surface area contributed by atoms with Crippen LogP contribution in [0.15, 0.2) is 23.8 Å². The van der Waals surface area contributed by atoms with Crippen LogP contribution in [0.2, 0.25) is 0 Å². The first-order chi connectivity index (χ1) is 12.5. The van der Waals surface area contributed by atoms with Gasteiger partial charge in [0.05, 0.1) is 30.2 Å². The molecular formula is C18H24N6OS. The van der Waals surface area contributed by atoms with Gasteiger partial charge in [-0.15, -0.1) is 11.3 Å². The first kappa shape index (κ1) is 17.4. The number of aryl methyl sites for hydroxylation is 1. The van der Waals surface area contributed by atoms with Crippen LogP contribution in [0.4, 0.5) is 0 Å². The Labute approximate surface area is 156 Å². The Kier molecular flexibility index (Phi) is 4.64. The third-order valence-corrected chi connectivity index (χ3v) is 5.65. The van der Waals surface area contributed by atoms with Gasteiger partial charge in [0, 0.05) is 37.9 Å². The second-order valence-electron chi connectivity index (χ2n) is 7.11. The zero-order valence-electron chi connectivity index (χ0n) is 15.3. The summed E-state index contributed by atoms with van der Waals surface area (Å²) in [5.74, 6) is 1.08. The van der Waals surface area contributed by atoms with Crippen molar-refractivity contribution >= 4 is 11.3 Å². The van der Waals surface area contributed by atoms with E-state index in [4.69, 9.17) is 4.98 Å². The molecule has 0 aliphatic carbocycles. The Morgan fingerprint density at radius 3 is 2.81 bits per heavy atom. The molecule has 1 N–H and O–H groups in total. The van der Waals surface area contributed by atoms with Crippen molar-refractivity contribution < 1.29 is 5.11 Å². The van der Waals surface area contributed by atoms with Crippen LogP contribution in [-0.4, -0.2) is 40.9 Å². The topological polar surface area (TPSA) is 72.0 Å². The molecule has 4 heterocycles. The minimum Gasteiger partial charge on any atom is -0.379 e. The van der Waals surface area contributed by atoms with Crippen LogP contribution in [0.3, 0.4) is 0 Å². The Morgan fingerprint density at radius 2 is 2.12 bits per heavy atom. The molecule has 0 saturated heterocycles. The predicted molar refractivity (Wildman–Crippen MR) is 99.8 cm³/mol. The largest absolute Gasteiger partial charge is 0.379 e. The highest BCUT2D eigenvalue weighted by atomic mass is 32.1. The normalized spacial score (nSPS) is 16.2. The van der Waals surface area contributed by atoms with Crippen molar-refractivity contribution in [1.29, 1.82) is 0 Å². The first-order valence-electron chi connectivity index (χ1n) is 8.90. The SMILES string of the molecule is CC(C)c1csc(CN2CCn3nc([C@H](O)c4nccn4C)cc3C2)n1. The van der Waals surface area contributed by atoms with E-state index in [0.717, 1.165) is 36.9 Å². The summed E-state index contributed by atoms with van der Waals surface area (Å²) in [5.41, 5.74) is 2.96. The third-order valence-electron chi connectivity index (χ3n) is 4.80. The number of rotatable bonds is 5. The molecule has 0 saturated carbocycles. The first-order valence-corrected chi connectivity index (χ1v) is 9.78. The van der Waals surface area contributed by atoms with E-state index in [1.54, 1.807) is 17.5 Å². The minimum absolute atomic E-state index is 0.470. The number of hydrogen-bond donors (Lipinski definition) is 1. The number of nitrogens with zero attached hydrogens (tertiary/aromatic N) is 6. The molecule has 0 aromatic carbocycles. The molecule has 3 aromatic heterocycles. The van der Waals surface area contributed by atoms with Gasteiger partial charge in [-0.1, -0.05) is 13.8 Å². The molecule has 26 heavy (non-hydrogen) atoms. The van der Waals surface area contributed by atoms with Gasteiger partial charge in [-0.3, -0.25) is 9.58 Å². The van der Waals surface area contributed by atoms with E-state index in [9.17, 15) is 5.11 Å². The average molecular weight is 372 g/mol. The fourth-order valence-electron chi connectivity index (χ4n) is 3.24. The highest BCUT2D eigenvalue weighted by Crippen LogP contribution is 2.24. The molecular weight excluding hydrogens is 348 g/mol. The molecule has 0 amide bonds. The van der Waals surface area contributed by atoms with E-state index in [1.165, 1.54) is 5.69 Å². The summed E-state index contributed by atoms with van der Waals surface area (Å²) in [4.78, 5) is 11.4. The summed E-state index contributed by atoms with van der Waals surface area (Å²) in [5, 5.41) is 18.5. The predicted octanol–water partition coefficient (Wildman–Crippen LogP) is 2.29. The lowest BCUT2D eigenvalue weighted by atomic mass is 10.2. The highest BCUT2D eigenvalue weighted by molar-refractivity contribution is 7.09. The molecule has 0 spiro atoms. The van der Waals surface area contributed by atoms with Crippen molar-refractivity contribution in [1.82, 2.24) is 29.2 Å². The van der Waals surface area contributed by atoms with Crippen LogP contribution >= 0.6 is 11.3 Å². The Morgan fingerprint density at radius 1 is 1.27 bits per heavy atom. The van der Waals surface area contributed by atoms with E-state index < -0.39 is 6.10 Å². The lowest BCUT2D eigenvalue weighted by Crippen LogP contribution is -2.33. The second kappa shape index (κ2) is 6.94. The van der Waals surface area contributed by atoms with Gasteiger partial charge in [0.1, 0.15) is 10.8 Å². The molecule has 8 heteroatoms. The molecule has 7 nitrogen and oxygen atoms in total. The summed E-state index contributed by atoms with van der Waals surface area (Å²) in [7, 11) is 1.88. The number of aromatic nitrogens is 5. The Bertz CT molecular complexity index is 895. The van der Waals surface area contributed by atoms with Crippen molar-refractivity contribution in [2.45, 2.75) is 45.5 Å². The Hall–Kier alpha value is -2.03. The molecule has 1 aliphatic heterocycles. The van der Waals surface area contributed by atoms with E-state index >= 15 is 0 Å². The van der Waals surface area contributed by atoms with Crippen LogP contribution in [0, 0.1) is 0 Å². The van der Waals surface area contributed by atoms with Crippen molar-refractivity contribution in [3.63, 3.8) is 0 Å². The number of aliphatic hydroxyl groups excluding tert-OH is 1. The Balaban J connectivity index is 1.47. The van der Waals surface area contributed by atoms with Crippen LogP contribution in [0.25, 0.3) is 0 Å². The zero-order valence-corrected chi connectivity index (χ0v) is 16.1. The van der Waals surface area contributed by atoms with Gasteiger partial charge >= 0.3 is 0 Å². The number of aliphatic hydroxyl groups is 1. The van der Waals surface area contributed by atoms with Crippen LogP contribution < -0.4 is 0 Å². The molecule has 4 rings (SSSR count). The van der Waals surface area contributed by atoms with Gasteiger partial charge in [-0.05, 0) is 12.0 Å². The minimum atomic E-state index is -0.797. The fourth-order valence-corrected chi connectivity index (χ4v) is 4.24. The smallest absolute Gasteiger partial charge is 0.155 e. The summed E-state index contributed by atoms with van der Waals surface area (Å²) in [6.07, 6.45) is 2.72. The van der Waals surface area contributed by atoms with Crippen molar-refractivity contribution in [3.8, 4) is 0 Å². The molecule has 0 fully saturated rings. The van der Waals surface area contributed by atoms with Gasteiger partial charge in [0.15, 0.2) is 6.10 Å². The maximum Gasteiger partial charge on any atom is 0.155 e. The van der Waals surface area contributed by atoms with E-state index in [1.807, 2.05) is 28.6 Å². The van der Waals surface area contributed by atoms with Crippen LogP contribution in [0.1, 0.15) is 53.8 Å². The maximum absolute atomic E-state index is 10.6. The monoisotopic (exact) mass is 372 g/mol. The number of thiazole rings is 1. The number of imidazole rings is 1. The number of fused-ring (bicyclic) bond motifs is 1. The summed E-state index contributed by atoms with van der Waals surface area (Å²) < 4.78 is 3.82. The van der Waals surface area contributed by atoms with Crippen molar-refractivity contribution in [2.24, 2.45) is 7.05 Å². The quantitative estimate of drug-likeness (QED) is 0.744. The van der Waals surface area contributed by atoms with Crippen LogP contribution in [0.5, 0.6) is 0 Å². The maximum atomic E-state index is 10.6. The number of hydrogen-bond acceptors (Lipinski definition) is 6. The lowest BCUT2D eigenvalue weighted by molar-refractivity contribution is 0.194. The van der Waals surface area contributed by atoms with Crippen molar-refractivity contribution in [3.05, 3.63) is 51.8 Å². The van der Waals surface area contributed by atoms with Gasteiger partial charge in [-0.25, -0.2) is 9.97 Å². The average Bonchev–Trinajstić information content (AvgIpc) is 3.33. The van der Waals surface area contributed by atoms with Gasteiger partial charge in [-0.2, -0.15) is 5.10 Å². The second-order valence-corrected chi connectivity index (χ2v) is 8.06. The van der Waals surface area contributed by atoms with Gasteiger partial charge in [0.25, 0.3) is 0 Å². The van der Waals surface area contributed by atoms with Crippen molar-refractivity contribution in [2.75, 3.05) is 6.54 Å². The molecule has 1 atom stereocenters. The molecule has 0 unspecified atom stereocenters. The van der Waals surface area contributed by atoms with E-state index in [-0.39, 0.29) is 0 Å². The zero-order chi connectivity index (χ0) is 18.3. The summed E-state index contributed by atoms with van der Waals surface area (Å²) in [6.45, 7) is 7.78. The van der Waals surface area contributed by atoms with E-state index in [0.29, 0.717) is 17.4 Å². The molecule has 0 radical (unpaired) electrons. The standard InChI is InChI=1S/C18H24N6OS/c1-12(2)15-11-26-16(20-15)10-23-6-7-24-13(9-23)8-14(21-24)17(25)18-19-4-5-22(18)3/h4-5,8,11-12,17,25H,6-7,9-10H2,1-3H3/t17-/m0/s1. The highest BCUT2D eigenvalue weighted by Gasteiger charge is 2.24. The van der Waals surface area contributed by atoms with Gasteiger partial charge in [0.2, 0.25) is 0 Å². The van der Waals surface area contributed by atoms with E-state index in [2.05, 4.69) is 34.2 Å². The molecule has 138 valence electrons. The summed E-state index contributed by atoms with van der Waals surface area (Å²) in [6, 6.07) is 1.99. The molecule has 0 bridgehead atoms. The van der Waals surface area contributed by atoms with Gasteiger partial charge < -0.3 is 9.67 Å². The third kappa shape index (κ3) is 3.32. The molecule has 3 aromatic rings. The summed E-state index contributed by atoms with van der Waals surface area (Å²) >= 11 is 1.74. The fraction of sp³-hybridized carbons (Fsp3) is 0.500. The molecule has 1 aliphatic rings. The van der Waals surface area contributed by atoms with Crippen LogP contribution in [-0.2, 0) is 26.7 Å². The lowest BCUT2D eigenvalue weighted by Gasteiger charge is -2.26.